The smallest absolute Gasteiger partial charge is 0.254 e. The molecule has 1 aromatic rings. The fraction of sp³-hybridized carbons (Fsp3) is 0.333. The minimum Gasteiger partial charge on any atom is -0.359 e. The molecule has 0 bridgehead atoms. The Bertz CT molecular complexity index is 650. The van der Waals surface area contributed by atoms with Crippen molar-refractivity contribution in [3.63, 3.8) is 0 Å². The number of hydrogen-bond donors (Lipinski definition) is 2. The maximum absolute atomic E-state index is 12.6. The van der Waals surface area contributed by atoms with Gasteiger partial charge >= 0.3 is 0 Å². The van der Waals surface area contributed by atoms with Crippen molar-refractivity contribution in [2.24, 2.45) is 0 Å². The first-order chi connectivity index (χ1) is 10.6. The van der Waals surface area contributed by atoms with Gasteiger partial charge in [-0.25, -0.2) is 0 Å². The minimum absolute atomic E-state index is 0.0913. The quantitative estimate of drug-likeness (QED) is 0.795. The molecule has 7 nitrogen and oxygen atoms in total. The highest BCUT2D eigenvalue weighted by molar-refractivity contribution is 5.99. The summed E-state index contributed by atoms with van der Waals surface area (Å²) in [4.78, 5) is 37.5. The summed E-state index contributed by atoms with van der Waals surface area (Å²) in [6, 6.07) is 7.41. The minimum atomic E-state index is -0.841. The molecule has 0 aliphatic carbocycles. The predicted octanol–water partition coefficient (Wildman–Crippen LogP) is -0.365. The predicted molar refractivity (Wildman–Crippen MR) is 77.7 cm³/mol. The SMILES string of the molecule is CNC(=O)C[C@@H]1C(=O)NCCN1C(=O)c1cccc(C#N)c1. The van der Waals surface area contributed by atoms with Crippen molar-refractivity contribution < 1.29 is 14.4 Å². The van der Waals surface area contributed by atoms with E-state index in [2.05, 4.69) is 10.6 Å². The number of nitrogens with zero attached hydrogens (tertiary/aromatic N) is 2. The second kappa shape index (κ2) is 6.72. The molecule has 0 unspecified atom stereocenters. The van der Waals surface area contributed by atoms with Crippen LogP contribution >= 0.6 is 0 Å². The summed E-state index contributed by atoms with van der Waals surface area (Å²) >= 11 is 0. The van der Waals surface area contributed by atoms with Gasteiger partial charge in [0.25, 0.3) is 5.91 Å². The van der Waals surface area contributed by atoms with Crippen LogP contribution in [0.25, 0.3) is 0 Å². The first-order valence-electron chi connectivity index (χ1n) is 6.86. The summed E-state index contributed by atoms with van der Waals surface area (Å²) in [5.41, 5.74) is 0.700. The Kier molecular flexibility index (Phi) is 4.73. The van der Waals surface area contributed by atoms with E-state index in [4.69, 9.17) is 5.26 Å². The average molecular weight is 300 g/mol. The normalized spacial score (nSPS) is 17.4. The molecule has 1 saturated heterocycles. The fourth-order valence-electron chi connectivity index (χ4n) is 2.33. The Hall–Kier alpha value is -2.88. The van der Waals surface area contributed by atoms with Crippen LogP contribution in [0.3, 0.4) is 0 Å². The number of hydrogen-bond acceptors (Lipinski definition) is 4. The van der Waals surface area contributed by atoms with E-state index in [1.807, 2.05) is 6.07 Å². The van der Waals surface area contributed by atoms with Gasteiger partial charge in [0.1, 0.15) is 6.04 Å². The summed E-state index contributed by atoms with van der Waals surface area (Å²) in [5, 5.41) is 14.0. The second-order valence-electron chi connectivity index (χ2n) is 4.88. The molecular formula is C15H16N4O3. The van der Waals surface area contributed by atoms with Crippen LogP contribution in [0.15, 0.2) is 24.3 Å². The van der Waals surface area contributed by atoms with Crippen molar-refractivity contribution >= 4 is 17.7 Å². The topological polar surface area (TPSA) is 102 Å². The van der Waals surface area contributed by atoms with Crippen LogP contribution in [0.5, 0.6) is 0 Å². The van der Waals surface area contributed by atoms with Crippen molar-refractivity contribution in [3.8, 4) is 6.07 Å². The highest BCUT2D eigenvalue weighted by Crippen LogP contribution is 2.15. The van der Waals surface area contributed by atoms with E-state index in [1.165, 1.54) is 18.0 Å². The lowest BCUT2D eigenvalue weighted by Crippen LogP contribution is -2.58. The van der Waals surface area contributed by atoms with E-state index < -0.39 is 6.04 Å². The Morgan fingerprint density at radius 1 is 1.50 bits per heavy atom. The molecular weight excluding hydrogens is 284 g/mol. The van der Waals surface area contributed by atoms with Gasteiger partial charge in [-0.15, -0.1) is 0 Å². The first-order valence-corrected chi connectivity index (χ1v) is 6.86. The highest BCUT2D eigenvalue weighted by atomic mass is 16.2. The van der Waals surface area contributed by atoms with Gasteiger partial charge in [-0.05, 0) is 18.2 Å². The van der Waals surface area contributed by atoms with Gasteiger partial charge in [0.15, 0.2) is 0 Å². The third-order valence-corrected chi connectivity index (χ3v) is 3.49. The molecule has 3 amide bonds. The lowest BCUT2D eigenvalue weighted by atomic mass is 10.0. The van der Waals surface area contributed by atoms with Crippen LogP contribution in [0.4, 0.5) is 0 Å². The maximum atomic E-state index is 12.6. The summed E-state index contributed by atoms with van der Waals surface area (Å²) < 4.78 is 0. The molecule has 7 heteroatoms. The van der Waals surface area contributed by atoms with Crippen LogP contribution in [-0.2, 0) is 9.59 Å². The van der Waals surface area contributed by atoms with Crippen molar-refractivity contribution in [3.05, 3.63) is 35.4 Å². The number of piperazine rings is 1. The second-order valence-corrected chi connectivity index (χ2v) is 4.88. The zero-order chi connectivity index (χ0) is 16.1. The number of benzene rings is 1. The van der Waals surface area contributed by atoms with E-state index in [9.17, 15) is 14.4 Å². The fourth-order valence-corrected chi connectivity index (χ4v) is 2.33. The molecule has 1 heterocycles. The van der Waals surface area contributed by atoms with Gasteiger partial charge < -0.3 is 15.5 Å². The Balaban J connectivity index is 2.26. The monoisotopic (exact) mass is 300 g/mol. The van der Waals surface area contributed by atoms with Gasteiger partial charge in [-0.3, -0.25) is 14.4 Å². The third kappa shape index (κ3) is 3.23. The van der Waals surface area contributed by atoms with Gasteiger partial charge in [-0.2, -0.15) is 5.26 Å². The zero-order valence-electron chi connectivity index (χ0n) is 12.1. The lowest BCUT2D eigenvalue weighted by Gasteiger charge is -2.34. The Morgan fingerprint density at radius 2 is 2.27 bits per heavy atom. The molecule has 2 N–H and O–H groups in total. The lowest BCUT2D eigenvalue weighted by molar-refractivity contribution is -0.132. The third-order valence-electron chi connectivity index (χ3n) is 3.49. The molecule has 0 radical (unpaired) electrons. The van der Waals surface area contributed by atoms with Crippen LogP contribution in [0.2, 0.25) is 0 Å². The molecule has 1 fully saturated rings. The number of nitrogens with one attached hydrogen (secondary N) is 2. The molecule has 0 spiro atoms. The van der Waals surface area contributed by atoms with Crippen LogP contribution in [0.1, 0.15) is 22.3 Å². The van der Waals surface area contributed by atoms with Crippen molar-refractivity contribution in [2.75, 3.05) is 20.1 Å². The zero-order valence-corrected chi connectivity index (χ0v) is 12.1. The van der Waals surface area contributed by atoms with E-state index in [0.717, 1.165) is 0 Å². The number of rotatable bonds is 3. The van der Waals surface area contributed by atoms with E-state index in [-0.39, 0.29) is 24.1 Å². The van der Waals surface area contributed by atoms with Gasteiger partial charge in [0, 0.05) is 25.7 Å². The Labute approximate surface area is 127 Å². The summed E-state index contributed by atoms with van der Waals surface area (Å²) in [6.07, 6.45) is -0.0913. The molecule has 1 aromatic carbocycles. The number of carbonyl (C=O) groups is 3. The largest absolute Gasteiger partial charge is 0.359 e. The van der Waals surface area contributed by atoms with Crippen molar-refractivity contribution in [1.29, 1.82) is 5.26 Å². The van der Waals surface area contributed by atoms with Crippen LogP contribution in [0, 0.1) is 11.3 Å². The van der Waals surface area contributed by atoms with Gasteiger partial charge in [0.05, 0.1) is 18.1 Å². The summed E-state index contributed by atoms with van der Waals surface area (Å²) in [6.45, 7) is 0.662. The summed E-state index contributed by atoms with van der Waals surface area (Å²) in [5.74, 6) is -1.02. The molecule has 114 valence electrons. The first kappa shape index (κ1) is 15.5. The van der Waals surface area contributed by atoms with Crippen molar-refractivity contribution in [1.82, 2.24) is 15.5 Å². The number of amides is 3. The molecule has 22 heavy (non-hydrogen) atoms. The van der Waals surface area contributed by atoms with Gasteiger partial charge in [-0.1, -0.05) is 6.07 Å². The average Bonchev–Trinajstić information content (AvgIpc) is 2.55. The van der Waals surface area contributed by atoms with Crippen LogP contribution in [-0.4, -0.2) is 48.8 Å². The van der Waals surface area contributed by atoms with E-state index in [0.29, 0.717) is 24.2 Å². The molecule has 0 aromatic heterocycles. The summed E-state index contributed by atoms with van der Waals surface area (Å²) in [7, 11) is 1.48. The standard InChI is InChI=1S/C15H16N4O3/c1-17-13(20)8-12-14(21)18-5-6-19(12)15(22)11-4-2-3-10(7-11)9-16/h2-4,7,12H,5-6,8H2,1H3,(H,17,20)(H,18,21)/t12-/m1/s1. The van der Waals surface area contributed by atoms with Crippen LogP contribution < -0.4 is 10.6 Å². The Morgan fingerprint density at radius 3 is 2.95 bits per heavy atom. The van der Waals surface area contributed by atoms with Gasteiger partial charge in [0.2, 0.25) is 11.8 Å². The number of nitriles is 1. The highest BCUT2D eigenvalue weighted by Gasteiger charge is 2.34. The number of carbonyl (C=O) groups excluding carboxylic acids is 3. The van der Waals surface area contributed by atoms with E-state index >= 15 is 0 Å². The van der Waals surface area contributed by atoms with E-state index in [1.54, 1.807) is 18.2 Å². The molecule has 1 atom stereocenters. The molecule has 1 aliphatic heterocycles. The van der Waals surface area contributed by atoms with Crippen molar-refractivity contribution in [2.45, 2.75) is 12.5 Å². The molecule has 2 rings (SSSR count). The molecule has 1 aliphatic rings. The molecule has 0 saturated carbocycles. The maximum Gasteiger partial charge on any atom is 0.254 e.